The van der Waals surface area contributed by atoms with Crippen molar-refractivity contribution in [1.29, 1.82) is 0 Å². The summed E-state index contributed by atoms with van der Waals surface area (Å²) >= 11 is 0. The molecule has 0 aliphatic heterocycles. The average Bonchev–Trinajstić information content (AvgIpc) is 2.78. The first-order valence-corrected chi connectivity index (χ1v) is 13.5. The number of nitrogens with zero attached hydrogens (tertiary/aromatic N) is 2. The normalized spacial score (nSPS) is 12.5. The summed E-state index contributed by atoms with van der Waals surface area (Å²) < 4.78 is 45.2. The summed E-state index contributed by atoms with van der Waals surface area (Å²) in [6.07, 6.45) is 1.11. The molecule has 0 spiro atoms. The maximum absolute atomic E-state index is 14.3. The van der Waals surface area contributed by atoms with Crippen molar-refractivity contribution in [1.82, 2.24) is 10.2 Å². The third kappa shape index (κ3) is 8.51. The predicted octanol–water partition coefficient (Wildman–Crippen LogP) is 3.71. The van der Waals surface area contributed by atoms with Crippen LogP contribution in [0.3, 0.4) is 0 Å². The van der Waals surface area contributed by atoms with Gasteiger partial charge in [0, 0.05) is 25.0 Å². The summed E-state index contributed by atoms with van der Waals surface area (Å²) in [5.41, 5.74) is 0.229. The molecule has 10 heteroatoms. The minimum atomic E-state index is -3.77. The first-order chi connectivity index (χ1) is 16.7. The van der Waals surface area contributed by atoms with E-state index in [-0.39, 0.29) is 43.4 Å². The van der Waals surface area contributed by atoms with Crippen LogP contribution in [0.1, 0.15) is 46.1 Å². The van der Waals surface area contributed by atoms with Gasteiger partial charge in [-0.3, -0.25) is 13.9 Å². The SMILES string of the molecule is COc1cccc(CN(C(=O)CCCN(c2ccccc2F)S(C)(=O)=O)[C@@H](C)C(=O)NC(C)(C)C)c1. The van der Waals surface area contributed by atoms with Gasteiger partial charge < -0.3 is 15.0 Å². The fraction of sp³-hybridized carbons (Fsp3) is 0.462. The highest BCUT2D eigenvalue weighted by Crippen LogP contribution is 2.23. The highest BCUT2D eigenvalue weighted by atomic mass is 32.2. The zero-order valence-corrected chi connectivity index (χ0v) is 22.6. The van der Waals surface area contributed by atoms with Gasteiger partial charge >= 0.3 is 0 Å². The van der Waals surface area contributed by atoms with Crippen LogP contribution < -0.4 is 14.4 Å². The second-order valence-electron chi connectivity index (χ2n) is 9.68. The van der Waals surface area contributed by atoms with Gasteiger partial charge in [-0.1, -0.05) is 24.3 Å². The Labute approximate surface area is 213 Å². The number of nitrogens with one attached hydrogen (secondary N) is 1. The molecule has 36 heavy (non-hydrogen) atoms. The highest BCUT2D eigenvalue weighted by molar-refractivity contribution is 7.92. The van der Waals surface area contributed by atoms with Gasteiger partial charge in [-0.05, 0) is 63.9 Å². The molecule has 8 nitrogen and oxygen atoms in total. The van der Waals surface area contributed by atoms with E-state index in [1.54, 1.807) is 38.3 Å². The molecule has 198 valence electrons. The molecule has 2 amide bonds. The summed E-state index contributed by atoms with van der Waals surface area (Å²) in [6.45, 7) is 7.30. The topological polar surface area (TPSA) is 96.0 Å². The molecule has 0 saturated carbocycles. The maximum Gasteiger partial charge on any atom is 0.242 e. The van der Waals surface area contributed by atoms with E-state index in [9.17, 15) is 22.4 Å². The average molecular weight is 522 g/mol. The smallest absolute Gasteiger partial charge is 0.242 e. The van der Waals surface area contributed by atoms with Crippen LogP contribution in [0.2, 0.25) is 0 Å². The lowest BCUT2D eigenvalue weighted by molar-refractivity contribution is -0.141. The minimum absolute atomic E-state index is 0.0302. The summed E-state index contributed by atoms with van der Waals surface area (Å²) in [6, 6.07) is 12.0. The first kappa shape index (κ1) is 29.1. The molecule has 2 rings (SSSR count). The number of anilines is 1. The van der Waals surface area contributed by atoms with E-state index in [1.165, 1.54) is 23.1 Å². The van der Waals surface area contributed by atoms with E-state index in [1.807, 2.05) is 26.8 Å². The number of carbonyl (C=O) groups excluding carboxylic acids is 2. The second kappa shape index (κ2) is 12.2. The van der Waals surface area contributed by atoms with Crippen LogP contribution in [0.4, 0.5) is 10.1 Å². The molecule has 0 aromatic heterocycles. The monoisotopic (exact) mass is 521 g/mol. The molecular formula is C26H36FN3O5S. The Morgan fingerprint density at radius 2 is 1.78 bits per heavy atom. The maximum atomic E-state index is 14.3. The van der Waals surface area contributed by atoms with E-state index < -0.39 is 27.4 Å². The number of para-hydroxylation sites is 1. The molecule has 0 bridgehead atoms. The number of halogens is 1. The third-order valence-corrected chi connectivity index (χ3v) is 6.61. The van der Waals surface area contributed by atoms with E-state index in [0.717, 1.165) is 16.1 Å². The number of methoxy groups -OCH3 is 1. The Morgan fingerprint density at radius 1 is 1.11 bits per heavy atom. The Kier molecular flexibility index (Phi) is 9.86. The highest BCUT2D eigenvalue weighted by Gasteiger charge is 2.29. The minimum Gasteiger partial charge on any atom is -0.497 e. The van der Waals surface area contributed by atoms with E-state index in [2.05, 4.69) is 5.32 Å². The van der Waals surface area contributed by atoms with Crippen molar-refractivity contribution in [2.45, 2.75) is 58.7 Å². The number of hydrogen-bond donors (Lipinski definition) is 1. The lowest BCUT2D eigenvalue weighted by atomic mass is 10.1. The number of hydrogen-bond acceptors (Lipinski definition) is 5. The molecule has 0 saturated heterocycles. The number of sulfonamides is 1. The number of benzene rings is 2. The Morgan fingerprint density at radius 3 is 2.36 bits per heavy atom. The Hall–Kier alpha value is -3.14. The Balaban J connectivity index is 2.22. The van der Waals surface area contributed by atoms with Crippen molar-refractivity contribution in [3.05, 3.63) is 59.9 Å². The zero-order chi connectivity index (χ0) is 27.1. The molecule has 0 radical (unpaired) electrons. The van der Waals surface area contributed by atoms with Gasteiger partial charge in [-0.25, -0.2) is 12.8 Å². The molecule has 0 aliphatic carbocycles. The van der Waals surface area contributed by atoms with Crippen LogP contribution in [0.15, 0.2) is 48.5 Å². The third-order valence-electron chi connectivity index (χ3n) is 5.43. The van der Waals surface area contributed by atoms with Crippen LogP contribution in [-0.4, -0.2) is 56.6 Å². The molecule has 0 aliphatic rings. The van der Waals surface area contributed by atoms with E-state index >= 15 is 0 Å². The predicted molar refractivity (Wildman–Crippen MR) is 139 cm³/mol. The molecule has 0 fully saturated rings. The summed E-state index contributed by atoms with van der Waals surface area (Å²) in [5.74, 6) is -0.666. The summed E-state index contributed by atoms with van der Waals surface area (Å²) in [7, 11) is -2.23. The quantitative estimate of drug-likeness (QED) is 0.486. The number of carbonyl (C=O) groups is 2. The van der Waals surface area contributed by atoms with Crippen molar-refractivity contribution < 1.29 is 27.1 Å². The van der Waals surface area contributed by atoms with Crippen molar-refractivity contribution in [3.8, 4) is 5.75 Å². The molecule has 0 heterocycles. The number of rotatable bonds is 11. The first-order valence-electron chi connectivity index (χ1n) is 11.7. The molecule has 0 unspecified atom stereocenters. The van der Waals surface area contributed by atoms with Gasteiger partial charge in [0.1, 0.15) is 17.6 Å². The van der Waals surface area contributed by atoms with E-state index in [4.69, 9.17) is 4.74 Å². The van der Waals surface area contributed by atoms with Crippen LogP contribution >= 0.6 is 0 Å². The van der Waals surface area contributed by atoms with Crippen molar-refractivity contribution in [2.24, 2.45) is 0 Å². The Bertz CT molecular complexity index is 1160. The molecular weight excluding hydrogens is 485 g/mol. The lowest BCUT2D eigenvalue weighted by Crippen LogP contribution is -2.52. The van der Waals surface area contributed by atoms with Gasteiger partial charge in [0.2, 0.25) is 21.8 Å². The summed E-state index contributed by atoms with van der Waals surface area (Å²) in [5, 5.41) is 2.90. The van der Waals surface area contributed by atoms with Crippen molar-refractivity contribution in [2.75, 3.05) is 24.2 Å². The summed E-state index contributed by atoms with van der Waals surface area (Å²) in [4.78, 5) is 27.7. The zero-order valence-electron chi connectivity index (χ0n) is 21.7. The fourth-order valence-electron chi connectivity index (χ4n) is 3.66. The lowest BCUT2D eigenvalue weighted by Gasteiger charge is -2.32. The standard InChI is InChI=1S/C26H36FN3O5S/c1-19(25(32)28-26(2,3)4)29(18-20-11-9-12-21(17-20)35-5)24(31)15-10-16-30(36(6,33)34)23-14-8-7-13-22(23)27/h7-9,11-14,17,19H,10,15-16,18H2,1-6H3,(H,28,32)/t19-/m0/s1. The number of ether oxygens (including phenoxy) is 1. The molecule has 2 aromatic rings. The van der Waals surface area contributed by atoms with Crippen LogP contribution in [0, 0.1) is 5.82 Å². The van der Waals surface area contributed by atoms with Crippen LogP contribution in [0.5, 0.6) is 5.75 Å². The molecule has 1 atom stereocenters. The van der Waals surface area contributed by atoms with Gasteiger partial charge in [0.25, 0.3) is 0 Å². The van der Waals surface area contributed by atoms with Crippen LogP contribution in [-0.2, 0) is 26.2 Å². The van der Waals surface area contributed by atoms with Gasteiger partial charge in [-0.15, -0.1) is 0 Å². The van der Waals surface area contributed by atoms with Gasteiger partial charge in [-0.2, -0.15) is 0 Å². The van der Waals surface area contributed by atoms with Crippen LogP contribution in [0.25, 0.3) is 0 Å². The van der Waals surface area contributed by atoms with Crippen molar-refractivity contribution >= 4 is 27.5 Å². The fourth-order valence-corrected chi connectivity index (χ4v) is 4.63. The van der Waals surface area contributed by atoms with E-state index in [0.29, 0.717) is 5.75 Å². The molecule has 2 aromatic carbocycles. The van der Waals surface area contributed by atoms with Crippen molar-refractivity contribution in [3.63, 3.8) is 0 Å². The molecule has 1 N–H and O–H groups in total. The number of amides is 2. The largest absolute Gasteiger partial charge is 0.497 e. The second-order valence-corrected chi connectivity index (χ2v) is 11.6. The van der Waals surface area contributed by atoms with Gasteiger partial charge in [0.15, 0.2) is 0 Å². The van der Waals surface area contributed by atoms with Gasteiger partial charge in [0.05, 0.1) is 19.1 Å².